The zero-order valence-corrected chi connectivity index (χ0v) is 8.31. The van der Waals surface area contributed by atoms with Crippen molar-refractivity contribution in [3.8, 4) is 0 Å². The minimum atomic E-state index is -1.49. The molecule has 1 aromatic carbocycles. The Bertz CT molecular complexity index is 285. The number of hydrogen-bond donors (Lipinski definition) is 2. The Kier molecular flexibility index (Phi) is 3.66. The Balaban J connectivity index is 2.83. The van der Waals surface area contributed by atoms with E-state index in [2.05, 4.69) is 0 Å². The highest BCUT2D eigenvalue weighted by atomic mass is 19.1. The van der Waals surface area contributed by atoms with Gasteiger partial charge in [-0.05, 0) is 16.9 Å². The summed E-state index contributed by atoms with van der Waals surface area (Å²) in [5.41, 5.74) is 0.953. The molecule has 0 spiro atoms. The number of halogens is 1. The highest BCUT2D eigenvalue weighted by Gasteiger charge is 2.15. The lowest BCUT2D eigenvalue weighted by atomic mass is 9.79. The fraction of sp³-hybridized carbons (Fsp3) is 0.400. The average molecular weight is 196 g/mol. The summed E-state index contributed by atoms with van der Waals surface area (Å²) in [5, 5.41) is 17.6. The minimum absolute atomic E-state index is 0.0695. The minimum Gasteiger partial charge on any atom is -0.423 e. The lowest BCUT2D eigenvalue weighted by Crippen LogP contribution is -2.29. The Morgan fingerprint density at radius 3 is 2.00 bits per heavy atom. The van der Waals surface area contributed by atoms with E-state index in [0.29, 0.717) is 11.0 Å². The van der Waals surface area contributed by atoms with Crippen molar-refractivity contribution in [3.05, 3.63) is 29.8 Å². The molecule has 0 amide bonds. The largest absolute Gasteiger partial charge is 0.488 e. The molecule has 0 aliphatic rings. The molecular weight excluding hydrogens is 182 g/mol. The van der Waals surface area contributed by atoms with Gasteiger partial charge in [0.1, 0.15) is 6.17 Å². The third-order valence-electron chi connectivity index (χ3n) is 2.14. The molecule has 76 valence electrons. The summed E-state index contributed by atoms with van der Waals surface area (Å²) in [6.07, 6.45) is -1.00. The molecule has 14 heavy (non-hydrogen) atoms. The van der Waals surface area contributed by atoms with E-state index in [1.165, 1.54) is 12.1 Å². The molecule has 0 saturated heterocycles. The molecule has 0 radical (unpaired) electrons. The monoisotopic (exact) mass is 196 g/mol. The van der Waals surface area contributed by atoms with Gasteiger partial charge in [0.05, 0.1) is 0 Å². The summed E-state index contributed by atoms with van der Waals surface area (Å²) in [4.78, 5) is 0. The van der Waals surface area contributed by atoms with Gasteiger partial charge in [-0.25, -0.2) is 4.39 Å². The second-order valence-electron chi connectivity index (χ2n) is 3.69. The van der Waals surface area contributed by atoms with Gasteiger partial charge >= 0.3 is 7.12 Å². The number of alkyl halides is 1. The first-order chi connectivity index (χ1) is 6.52. The molecule has 0 fully saturated rings. The summed E-state index contributed by atoms with van der Waals surface area (Å²) in [6, 6.07) is 6.21. The van der Waals surface area contributed by atoms with Gasteiger partial charge in [0.25, 0.3) is 0 Å². The van der Waals surface area contributed by atoms with E-state index in [9.17, 15) is 4.39 Å². The third kappa shape index (κ3) is 2.56. The van der Waals surface area contributed by atoms with Crippen LogP contribution in [0.4, 0.5) is 4.39 Å². The Labute approximate surface area is 83.5 Å². The molecule has 4 heteroatoms. The molecule has 1 rings (SSSR count). The van der Waals surface area contributed by atoms with E-state index in [1.54, 1.807) is 26.0 Å². The zero-order chi connectivity index (χ0) is 10.7. The summed E-state index contributed by atoms with van der Waals surface area (Å²) in [6.45, 7) is 3.61. The standard InChI is InChI=1S/C10H14BFO2/c1-7(2)10(12)8-3-5-9(6-4-8)11(13)14/h3-7,10,13-14H,1-2H3. The first-order valence-electron chi connectivity index (χ1n) is 4.62. The van der Waals surface area contributed by atoms with Crippen LogP contribution in [0, 0.1) is 5.92 Å². The molecule has 1 unspecified atom stereocenters. The van der Waals surface area contributed by atoms with Crippen LogP contribution in [0.3, 0.4) is 0 Å². The van der Waals surface area contributed by atoms with Crippen LogP contribution < -0.4 is 5.46 Å². The molecule has 2 N–H and O–H groups in total. The van der Waals surface area contributed by atoms with Crippen molar-refractivity contribution in [2.24, 2.45) is 5.92 Å². The van der Waals surface area contributed by atoms with E-state index in [4.69, 9.17) is 10.0 Å². The molecule has 2 nitrogen and oxygen atoms in total. The topological polar surface area (TPSA) is 40.5 Å². The molecular formula is C10H14BFO2. The van der Waals surface area contributed by atoms with Crippen LogP contribution in [0.5, 0.6) is 0 Å². The maximum atomic E-state index is 13.5. The van der Waals surface area contributed by atoms with E-state index >= 15 is 0 Å². The Hall–Kier alpha value is -0.865. The Morgan fingerprint density at radius 2 is 1.64 bits per heavy atom. The molecule has 0 heterocycles. The van der Waals surface area contributed by atoms with Gasteiger partial charge in [0, 0.05) is 0 Å². The van der Waals surface area contributed by atoms with E-state index in [-0.39, 0.29) is 5.92 Å². The van der Waals surface area contributed by atoms with Crippen LogP contribution in [0.15, 0.2) is 24.3 Å². The number of benzene rings is 1. The fourth-order valence-corrected chi connectivity index (χ4v) is 1.24. The third-order valence-corrected chi connectivity index (χ3v) is 2.14. The maximum Gasteiger partial charge on any atom is 0.488 e. The van der Waals surface area contributed by atoms with Crippen LogP contribution in [0.25, 0.3) is 0 Å². The van der Waals surface area contributed by atoms with Gasteiger partial charge < -0.3 is 10.0 Å². The van der Waals surface area contributed by atoms with Crippen LogP contribution in [-0.2, 0) is 0 Å². The predicted octanol–water partition coefficient (Wildman–Crippen LogP) is 1.03. The van der Waals surface area contributed by atoms with Crippen LogP contribution in [0.1, 0.15) is 25.6 Å². The van der Waals surface area contributed by atoms with Crippen molar-refractivity contribution >= 4 is 12.6 Å². The summed E-state index contributed by atoms with van der Waals surface area (Å²) < 4.78 is 13.5. The Morgan fingerprint density at radius 1 is 1.14 bits per heavy atom. The SMILES string of the molecule is CC(C)C(F)c1ccc(B(O)O)cc1. The summed E-state index contributed by atoms with van der Waals surface area (Å²) in [5.74, 6) is -0.0695. The predicted molar refractivity (Wildman–Crippen MR) is 55.0 cm³/mol. The molecule has 0 aliphatic carbocycles. The van der Waals surface area contributed by atoms with Crippen LogP contribution in [-0.4, -0.2) is 17.2 Å². The average Bonchev–Trinajstić information content (AvgIpc) is 2.16. The second kappa shape index (κ2) is 4.57. The van der Waals surface area contributed by atoms with E-state index in [0.717, 1.165) is 0 Å². The molecule has 0 aliphatic heterocycles. The lowest BCUT2D eigenvalue weighted by Gasteiger charge is -2.12. The van der Waals surface area contributed by atoms with E-state index in [1.807, 2.05) is 0 Å². The van der Waals surface area contributed by atoms with Crippen LogP contribution in [0.2, 0.25) is 0 Å². The number of rotatable bonds is 3. The summed E-state index contributed by atoms with van der Waals surface area (Å²) in [7, 11) is -1.49. The lowest BCUT2D eigenvalue weighted by molar-refractivity contribution is 0.262. The van der Waals surface area contributed by atoms with Gasteiger partial charge in [0.2, 0.25) is 0 Å². The molecule has 1 atom stereocenters. The molecule has 0 aromatic heterocycles. The summed E-state index contributed by atoms with van der Waals surface area (Å²) >= 11 is 0. The van der Waals surface area contributed by atoms with Crippen molar-refractivity contribution in [2.45, 2.75) is 20.0 Å². The highest BCUT2D eigenvalue weighted by Crippen LogP contribution is 2.24. The number of hydrogen-bond acceptors (Lipinski definition) is 2. The van der Waals surface area contributed by atoms with Gasteiger partial charge in [-0.3, -0.25) is 0 Å². The van der Waals surface area contributed by atoms with Gasteiger partial charge in [-0.2, -0.15) is 0 Å². The van der Waals surface area contributed by atoms with Gasteiger partial charge in [0.15, 0.2) is 0 Å². The van der Waals surface area contributed by atoms with E-state index < -0.39 is 13.3 Å². The maximum absolute atomic E-state index is 13.5. The van der Waals surface area contributed by atoms with Gasteiger partial charge in [-0.1, -0.05) is 38.1 Å². The van der Waals surface area contributed by atoms with Crippen LogP contribution >= 0.6 is 0 Å². The quantitative estimate of drug-likeness (QED) is 0.709. The first-order valence-corrected chi connectivity index (χ1v) is 4.62. The molecule has 1 aromatic rings. The normalized spacial score (nSPS) is 13.0. The van der Waals surface area contributed by atoms with Gasteiger partial charge in [-0.15, -0.1) is 0 Å². The van der Waals surface area contributed by atoms with Crippen molar-refractivity contribution in [1.82, 2.24) is 0 Å². The second-order valence-corrected chi connectivity index (χ2v) is 3.69. The van der Waals surface area contributed by atoms with Crippen molar-refractivity contribution in [3.63, 3.8) is 0 Å². The molecule has 0 bridgehead atoms. The molecule has 0 saturated carbocycles. The van der Waals surface area contributed by atoms with Crippen molar-refractivity contribution in [1.29, 1.82) is 0 Å². The smallest absolute Gasteiger partial charge is 0.423 e. The first kappa shape index (κ1) is 11.2. The van der Waals surface area contributed by atoms with Crippen molar-refractivity contribution in [2.75, 3.05) is 0 Å². The highest BCUT2D eigenvalue weighted by molar-refractivity contribution is 6.58. The van der Waals surface area contributed by atoms with Crippen molar-refractivity contribution < 1.29 is 14.4 Å². The zero-order valence-electron chi connectivity index (χ0n) is 8.31. The fourth-order valence-electron chi connectivity index (χ4n) is 1.24.